The molecule has 0 heterocycles. The van der Waals surface area contributed by atoms with Crippen LogP contribution in [0.15, 0.2) is 0 Å². The molecule has 0 heteroatoms. The van der Waals surface area contributed by atoms with Crippen LogP contribution in [0.25, 0.3) is 0 Å². The van der Waals surface area contributed by atoms with Crippen molar-refractivity contribution in [2.45, 2.75) is 71.6 Å². The maximum atomic E-state index is 2.43. The summed E-state index contributed by atoms with van der Waals surface area (Å²) in [5, 5.41) is 0. The van der Waals surface area contributed by atoms with Crippen LogP contribution in [-0.2, 0) is 0 Å². The lowest BCUT2D eigenvalue weighted by Gasteiger charge is -2.37. The minimum atomic E-state index is 1.02. The normalized spacial score (nSPS) is 42.8. The molecule has 0 aromatic heterocycles. The highest BCUT2D eigenvalue weighted by molar-refractivity contribution is 4.80. The molecule has 2 fully saturated rings. The molecule has 2 aliphatic rings. The number of hydrogen-bond donors (Lipinski definition) is 0. The highest BCUT2D eigenvalue weighted by Crippen LogP contribution is 2.41. The van der Waals surface area contributed by atoms with Crippen molar-refractivity contribution < 1.29 is 0 Å². The monoisotopic (exact) mass is 208 g/mol. The van der Waals surface area contributed by atoms with E-state index in [4.69, 9.17) is 0 Å². The van der Waals surface area contributed by atoms with Crippen LogP contribution in [0.5, 0.6) is 0 Å². The van der Waals surface area contributed by atoms with Gasteiger partial charge in [0.1, 0.15) is 0 Å². The second kappa shape index (κ2) is 5.37. The van der Waals surface area contributed by atoms with E-state index in [1.165, 1.54) is 32.1 Å². The van der Waals surface area contributed by atoms with Gasteiger partial charge in [0.15, 0.2) is 0 Å². The van der Waals surface area contributed by atoms with Crippen molar-refractivity contribution >= 4 is 0 Å². The molecule has 0 saturated heterocycles. The maximum absolute atomic E-state index is 2.43. The minimum absolute atomic E-state index is 1.02. The lowest BCUT2D eigenvalue weighted by atomic mass is 9.69. The summed E-state index contributed by atoms with van der Waals surface area (Å²) in [6.07, 6.45) is 13.7. The Kier molecular flexibility index (Phi) is 4.11. The average Bonchev–Trinajstić information content (AvgIpc) is 2.30. The predicted octanol–water partition coefficient (Wildman–Crippen LogP) is 5.03. The van der Waals surface area contributed by atoms with Crippen molar-refractivity contribution in [1.29, 1.82) is 0 Å². The van der Waals surface area contributed by atoms with Crippen LogP contribution in [-0.4, -0.2) is 0 Å². The Morgan fingerprint density at radius 1 is 0.733 bits per heavy atom. The van der Waals surface area contributed by atoms with Gasteiger partial charge in [-0.1, -0.05) is 46.0 Å². The van der Waals surface area contributed by atoms with Crippen molar-refractivity contribution in [2.24, 2.45) is 23.7 Å². The van der Waals surface area contributed by atoms with E-state index in [1.54, 1.807) is 25.7 Å². The SMILES string of the molecule is CCC1CCC(C2CCC(C)CC2)CC1. The van der Waals surface area contributed by atoms with Gasteiger partial charge in [-0.05, 0) is 49.4 Å². The van der Waals surface area contributed by atoms with Crippen molar-refractivity contribution in [2.75, 3.05) is 0 Å². The van der Waals surface area contributed by atoms with Gasteiger partial charge in [-0.2, -0.15) is 0 Å². The quantitative estimate of drug-likeness (QED) is 0.597. The second-order valence-electron chi connectivity index (χ2n) is 6.21. The molecule has 2 rings (SSSR count). The summed E-state index contributed by atoms with van der Waals surface area (Å²) in [6.45, 7) is 4.80. The molecule has 2 aliphatic carbocycles. The van der Waals surface area contributed by atoms with Gasteiger partial charge in [0.05, 0.1) is 0 Å². The largest absolute Gasteiger partial charge is 0.0651 e. The highest BCUT2D eigenvalue weighted by Gasteiger charge is 2.29. The Bertz CT molecular complexity index is 168. The molecular formula is C15H28. The van der Waals surface area contributed by atoms with E-state index in [0.717, 1.165) is 23.7 Å². The Morgan fingerprint density at radius 3 is 1.67 bits per heavy atom. The lowest BCUT2D eigenvalue weighted by molar-refractivity contribution is 0.149. The van der Waals surface area contributed by atoms with Crippen molar-refractivity contribution in [3.63, 3.8) is 0 Å². The molecule has 0 aromatic carbocycles. The van der Waals surface area contributed by atoms with E-state index in [0.29, 0.717) is 0 Å². The van der Waals surface area contributed by atoms with Gasteiger partial charge >= 0.3 is 0 Å². The van der Waals surface area contributed by atoms with Crippen LogP contribution in [0.3, 0.4) is 0 Å². The maximum Gasteiger partial charge on any atom is -0.0386 e. The predicted molar refractivity (Wildman–Crippen MR) is 66.9 cm³/mol. The average molecular weight is 208 g/mol. The molecule has 0 unspecified atom stereocenters. The fourth-order valence-electron chi connectivity index (χ4n) is 3.83. The van der Waals surface area contributed by atoms with E-state index >= 15 is 0 Å². The first-order valence-corrected chi connectivity index (χ1v) is 7.29. The van der Waals surface area contributed by atoms with E-state index in [2.05, 4.69) is 13.8 Å². The van der Waals surface area contributed by atoms with Crippen LogP contribution in [0.1, 0.15) is 71.6 Å². The van der Waals surface area contributed by atoms with Crippen molar-refractivity contribution in [3.8, 4) is 0 Å². The first kappa shape index (κ1) is 11.5. The lowest BCUT2D eigenvalue weighted by Crippen LogP contribution is -2.25. The molecule has 2 saturated carbocycles. The zero-order valence-corrected chi connectivity index (χ0v) is 10.7. The first-order valence-electron chi connectivity index (χ1n) is 7.29. The Labute approximate surface area is 95.8 Å². The third-order valence-electron chi connectivity index (χ3n) is 5.20. The molecule has 0 N–H and O–H groups in total. The third-order valence-corrected chi connectivity index (χ3v) is 5.20. The summed E-state index contributed by atoms with van der Waals surface area (Å²) in [5.41, 5.74) is 0. The first-order chi connectivity index (χ1) is 7.29. The highest BCUT2D eigenvalue weighted by atomic mass is 14.3. The van der Waals surface area contributed by atoms with Crippen molar-refractivity contribution in [1.82, 2.24) is 0 Å². The molecule has 0 spiro atoms. The minimum Gasteiger partial charge on any atom is -0.0651 e. The number of rotatable bonds is 2. The third kappa shape index (κ3) is 2.98. The molecule has 0 atom stereocenters. The van der Waals surface area contributed by atoms with Gasteiger partial charge in [-0.25, -0.2) is 0 Å². The van der Waals surface area contributed by atoms with E-state index in [-0.39, 0.29) is 0 Å². The summed E-state index contributed by atoms with van der Waals surface area (Å²) in [6, 6.07) is 0. The van der Waals surface area contributed by atoms with Crippen LogP contribution in [0.4, 0.5) is 0 Å². The second-order valence-corrected chi connectivity index (χ2v) is 6.21. The van der Waals surface area contributed by atoms with Gasteiger partial charge in [-0.3, -0.25) is 0 Å². The summed E-state index contributed by atoms with van der Waals surface area (Å²) < 4.78 is 0. The molecule has 0 radical (unpaired) electrons. The van der Waals surface area contributed by atoms with E-state index in [9.17, 15) is 0 Å². The van der Waals surface area contributed by atoms with Crippen molar-refractivity contribution in [3.05, 3.63) is 0 Å². The summed E-state index contributed by atoms with van der Waals surface area (Å²) in [5.74, 6) is 4.32. The summed E-state index contributed by atoms with van der Waals surface area (Å²) in [4.78, 5) is 0. The topological polar surface area (TPSA) is 0 Å². The smallest absolute Gasteiger partial charge is 0.0386 e. The molecule has 0 aliphatic heterocycles. The zero-order chi connectivity index (χ0) is 10.7. The Balaban J connectivity index is 1.75. The number of hydrogen-bond acceptors (Lipinski definition) is 0. The standard InChI is InChI=1S/C15H28/c1-3-13-6-10-15(11-7-13)14-8-4-12(2)5-9-14/h12-15H,3-11H2,1-2H3. The van der Waals surface area contributed by atoms with Crippen LogP contribution < -0.4 is 0 Å². The van der Waals surface area contributed by atoms with Gasteiger partial charge in [0.25, 0.3) is 0 Å². The van der Waals surface area contributed by atoms with Crippen LogP contribution in [0.2, 0.25) is 0 Å². The van der Waals surface area contributed by atoms with E-state index in [1.807, 2.05) is 0 Å². The molecule has 88 valence electrons. The summed E-state index contributed by atoms with van der Waals surface area (Å²) in [7, 11) is 0. The van der Waals surface area contributed by atoms with Crippen LogP contribution >= 0.6 is 0 Å². The Morgan fingerprint density at radius 2 is 1.20 bits per heavy atom. The fourth-order valence-corrected chi connectivity index (χ4v) is 3.83. The molecule has 0 aromatic rings. The van der Waals surface area contributed by atoms with Gasteiger partial charge < -0.3 is 0 Å². The van der Waals surface area contributed by atoms with E-state index < -0.39 is 0 Å². The molecule has 15 heavy (non-hydrogen) atoms. The molecule has 0 nitrogen and oxygen atoms in total. The Hall–Kier alpha value is 0. The molecular weight excluding hydrogens is 180 g/mol. The van der Waals surface area contributed by atoms with Gasteiger partial charge in [-0.15, -0.1) is 0 Å². The van der Waals surface area contributed by atoms with Crippen LogP contribution in [0, 0.1) is 23.7 Å². The zero-order valence-electron chi connectivity index (χ0n) is 10.7. The molecule has 0 bridgehead atoms. The van der Waals surface area contributed by atoms with Gasteiger partial charge in [0.2, 0.25) is 0 Å². The van der Waals surface area contributed by atoms with Gasteiger partial charge in [0, 0.05) is 0 Å². The fraction of sp³-hybridized carbons (Fsp3) is 1.00. The summed E-state index contributed by atoms with van der Waals surface area (Å²) >= 11 is 0. The molecule has 0 amide bonds.